The summed E-state index contributed by atoms with van der Waals surface area (Å²) in [5.41, 5.74) is 0. The van der Waals surface area contributed by atoms with Crippen molar-refractivity contribution in [3.8, 4) is 0 Å². The Morgan fingerprint density at radius 1 is 0.833 bits per heavy atom. The number of ketones is 1. The Morgan fingerprint density at radius 3 is 2.61 bits per heavy atom. The average molecular weight is 250 g/mol. The number of rotatable bonds is 1. The van der Waals surface area contributed by atoms with Crippen LogP contribution in [0.3, 0.4) is 0 Å². The molecule has 2 aliphatic heterocycles. The molecule has 0 N–H and O–H groups in total. The minimum Gasteiger partial charge on any atom is -0.298 e. The maximum atomic E-state index is 12.2. The van der Waals surface area contributed by atoms with Gasteiger partial charge in [-0.25, -0.2) is 0 Å². The molecule has 2 unspecified atom stereocenters. The topological polar surface area (TPSA) is 23.6 Å². The van der Waals surface area contributed by atoms with Crippen LogP contribution in [0.1, 0.15) is 51.4 Å². The van der Waals surface area contributed by atoms with E-state index < -0.39 is 0 Å². The van der Waals surface area contributed by atoms with Gasteiger partial charge in [0.05, 0.1) is 6.04 Å². The van der Waals surface area contributed by atoms with E-state index >= 15 is 0 Å². The maximum Gasteiger partial charge on any atom is 0.149 e. The van der Waals surface area contributed by atoms with Gasteiger partial charge < -0.3 is 0 Å². The SMILES string of the molecule is O=C1CCCCCC1N1CCN2CCCCC2C1. The number of nitrogens with zero attached hydrogens (tertiary/aromatic N) is 2. The van der Waals surface area contributed by atoms with E-state index in [0.29, 0.717) is 5.78 Å². The summed E-state index contributed by atoms with van der Waals surface area (Å²) in [6.07, 6.45) is 9.68. The molecule has 3 aliphatic rings. The summed E-state index contributed by atoms with van der Waals surface area (Å²) in [4.78, 5) is 17.4. The van der Waals surface area contributed by atoms with Crippen LogP contribution in [-0.2, 0) is 4.79 Å². The number of carbonyl (C=O) groups is 1. The molecule has 1 saturated carbocycles. The molecule has 3 fully saturated rings. The summed E-state index contributed by atoms with van der Waals surface area (Å²) in [5, 5.41) is 0. The second kappa shape index (κ2) is 5.70. The second-order valence-corrected chi connectivity index (χ2v) is 6.26. The quantitative estimate of drug-likeness (QED) is 0.666. The highest BCUT2D eigenvalue weighted by atomic mass is 16.1. The molecule has 18 heavy (non-hydrogen) atoms. The molecule has 2 atom stereocenters. The van der Waals surface area contributed by atoms with E-state index in [1.807, 2.05) is 0 Å². The molecular weight excluding hydrogens is 224 g/mol. The highest BCUT2D eigenvalue weighted by Gasteiger charge is 2.34. The fraction of sp³-hybridized carbons (Fsp3) is 0.933. The molecule has 3 nitrogen and oxygen atoms in total. The minimum atomic E-state index is 0.261. The number of fused-ring (bicyclic) bond motifs is 1. The number of carbonyl (C=O) groups excluding carboxylic acids is 1. The number of piperazine rings is 1. The molecule has 102 valence electrons. The Balaban J connectivity index is 1.63. The Bertz CT molecular complexity index is 305. The number of hydrogen-bond donors (Lipinski definition) is 0. The van der Waals surface area contributed by atoms with Crippen LogP contribution in [-0.4, -0.2) is 53.8 Å². The molecule has 0 aromatic heterocycles. The van der Waals surface area contributed by atoms with Gasteiger partial charge >= 0.3 is 0 Å². The van der Waals surface area contributed by atoms with E-state index in [0.717, 1.165) is 38.4 Å². The van der Waals surface area contributed by atoms with Crippen molar-refractivity contribution in [2.45, 2.75) is 63.5 Å². The van der Waals surface area contributed by atoms with E-state index in [-0.39, 0.29) is 6.04 Å². The molecule has 1 aliphatic carbocycles. The number of hydrogen-bond acceptors (Lipinski definition) is 3. The van der Waals surface area contributed by atoms with Crippen LogP contribution < -0.4 is 0 Å². The Hall–Kier alpha value is -0.410. The lowest BCUT2D eigenvalue weighted by molar-refractivity contribution is -0.125. The normalized spacial score (nSPS) is 36.1. The monoisotopic (exact) mass is 250 g/mol. The summed E-state index contributed by atoms with van der Waals surface area (Å²) >= 11 is 0. The molecule has 2 saturated heterocycles. The predicted octanol–water partition coefficient (Wildman–Crippen LogP) is 2.06. The van der Waals surface area contributed by atoms with Crippen molar-refractivity contribution in [3.05, 3.63) is 0 Å². The first kappa shape index (κ1) is 12.6. The molecule has 0 aromatic carbocycles. The standard InChI is InChI=1S/C15H26N2O/c18-15-8-3-1-2-7-14(15)17-11-10-16-9-5-4-6-13(16)12-17/h13-14H,1-12H2. The largest absolute Gasteiger partial charge is 0.298 e. The molecule has 0 radical (unpaired) electrons. The predicted molar refractivity (Wildman–Crippen MR) is 72.7 cm³/mol. The van der Waals surface area contributed by atoms with Gasteiger partial charge in [-0.2, -0.15) is 0 Å². The zero-order valence-corrected chi connectivity index (χ0v) is 11.4. The zero-order valence-electron chi connectivity index (χ0n) is 11.4. The molecule has 0 aromatic rings. The first-order valence-electron chi connectivity index (χ1n) is 7.85. The smallest absolute Gasteiger partial charge is 0.149 e. The highest BCUT2D eigenvalue weighted by Crippen LogP contribution is 2.25. The van der Waals surface area contributed by atoms with Crippen LogP contribution in [0.4, 0.5) is 0 Å². The van der Waals surface area contributed by atoms with Crippen molar-refractivity contribution in [1.82, 2.24) is 9.80 Å². The van der Waals surface area contributed by atoms with Crippen LogP contribution in [0, 0.1) is 0 Å². The molecule has 0 spiro atoms. The summed E-state index contributed by atoms with van der Waals surface area (Å²) in [7, 11) is 0. The third kappa shape index (κ3) is 2.62. The van der Waals surface area contributed by atoms with E-state index in [9.17, 15) is 4.79 Å². The van der Waals surface area contributed by atoms with Crippen molar-refractivity contribution in [2.24, 2.45) is 0 Å². The molecule has 3 heteroatoms. The van der Waals surface area contributed by atoms with Crippen molar-refractivity contribution in [2.75, 3.05) is 26.2 Å². The Labute approximate surface area is 111 Å². The minimum absolute atomic E-state index is 0.261. The fourth-order valence-electron chi connectivity index (χ4n) is 3.99. The van der Waals surface area contributed by atoms with Gasteiger partial charge in [-0.3, -0.25) is 14.6 Å². The molecule has 2 heterocycles. The summed E-state index contributed by atoms with van der Waals surface area (Å²) < 4.78 is 0. The maximum absolute atomic E-state index is 12.2. The molecule has 3 rings (SSSR count). The van der Waals surface area contributed by atoms with Crippen LogP contribution >= 0.6 is 0 Å². The van der Waals surface area contributed by atoms with Gasteiger partial charge in [0, 0.05) is 32.1 Å². The molecular formula is C15H26N2O. The Kier molecular flexibility index (Phi) is 4.00. The fourth-order valence-corrected chi connectivity index (χ4v) is 3.99. The van der Waals surface area contributed by atoms with Crippen molar-refractivity contribution in [3.63, 3.8) is 0 Å². The van der Waals surface area contributed by atoms with Crippen molar-refractivity contribution in [1.29, 1.82) is 0 Å². The van der Waals surface area contributed by atoms with Gasteiger partial charge in [0.25, 0.3) is 0 Å². The first-order valence-corrected chi connectivity index (χ1v) is 7.85. The molecule has 0 amide bonds. The van der Waals surface area contributed by atoms with Gasteiger partial charge in [-0.15, -0.1) is 0 Å². The van der Waals surface area contributed by atoms with Crippen LogP contribution in [0.25, 0.3) is 0 Å². The lowest BCUT2D eigenvalue weighted by atomic mass is 9.96. The van der Waals surface area contributed by atoms with Gasteiger partial charge in [0.1, 0.15) is 5.78 Å². The lowest BCUT2D eigenvalue weighted by Crippen LogP contribution is -2.58. The number of Topliss-reactive ketones (excluding diaryl/α,β-unsaturated/α-hetero) is 1. The highest BCUT2D eigenvalue weighted by molar-refractivity contribution is 5.84. The van der Waals surface area contributed by atoms with Gasteiger partial charge in [0.2, 0.25) is 0 Å². The Morgan fingerprint density at radius 2 is 1.67 bits per heavy atom. The van der Waals surface area contributed by atoms with E-state index in [2.05, 4.69) is 9.80 Å². The second-order valence-electron chi connectivity index (χ2n) is 6.26. The molecule has 0 bridgehead atoms. The third-order valence-electron chi connectivity index (χ3n) is 5.08. The number of piperidine rings is 1. The first-order chi connectivity index (χ1) is 8.84. The summed E-state index contributed by atoms with van der Waals surface area (Å²) in [5.74, 6) is 0.525. The van der Waals surface area contributed by atoms with Gasteiger partial charge in [-0.05, 0) is 32.2 Å². The van der Waals surface area contributed by atoms with Crippen LogP contribution in [0.5, 0.6) is 0 Å². The van der Waals surface area contributed by atoms with Crippen LogP contribution in [0.2, 0.25) is 0 Å². The third-order valence-corrected chi connectivity index (χ3v) is 5.08. The van der Waals surface area contributed by atoms with E-state index in [4.69, 9.17) is 0 Å². The van der Waals surface area contributed by atoms with E-state index in [1.165, 1.54) is 45.2 Å². The summed E-state index contributed by atoms with van der Waals surface area (Å²) in [6, 6.07) is 1.00. The van der Waals surface area contributed by atoms with Gasteiger partial charge in [0.15, 0.2) is 0 Å². The van der Waals surface area contributed by atoms with Crippen molar-refractivity contribution >= 4 is 5.78 Å². The van der Waals surface area contributed by atoms with E-state index in [1.54, 1.807) is 0 Å². The van der Waals surface area contributed by atoms with Crippen molar-refractivity contribution < 1.29 is 4.79 Å². The summed E-state index contributed by atoms with van der Waals surface area (Å²) in [6.45, 7) is 4.74. The van der Waals surface area contributed by atoms with Gasteiger partial charge in [-0.1, -0.05) is 19.3 Å². The zero-order chi connectivity index (χ0) is 12.4. The average Bonchev–Trinajstić information content (AvgIpc) is 2.63. The van der Waals surface area contributed by atoms with Crippen LogP contribution in [0.15, 0.2) is 0 Å². The lowest BCUT2D eigenvalue weighted by Gasteiger charge is -2.46.